The van der Waals surface area contributed by atoms with E-state index in [4.69, 9.17) is 0 Å². The highest BCUT2D eigenvalue weighted by molar-refractivity contribution is 7.92. The van der Waals surface area contributed by atoms with Crippen molar-refractivity contribution in [1.29, 1.82) is 0 Å². The molecular formula is C34H37N3O4S. The summed E-state index contributed by atoms with van der Waals surface area (Å²) in [6, 6.07) is 31.8. The van der Waals surface area contributed by atoms with Crippen LogP contribution in [0.1, 0.15) is 29.2 Å². The van der Waals surface area contributed by atoms with E-state index >= 15 is 0 Å². The Kier molecular flexibility index (Phi) is 10.1. The number of hydrogen-bond acceptors (Lipinski definition) is 4. The summed E-state index contributed by atoms with van der Waals surface area (Å²) >= 11 is 0. The van der Waals surface area contributed by atoms with E-state index in [1.165, 1.54) is 16.3 Å². The van der Waals surface area contributed by atoms with Crippen LogP contribution in [-0.4, -0.2) is 44.8 Å². The van der Waals surface area contributed by atoms with Gasteiger partial charge in [0, 0.05) is 20.0 Å². The number of nitrogens with one attached hydrogen (secondary N) is 1. The second kappa shape index (κ2) is 14.0. The zero-order valence-corrected chi connectivity index (χ0v) is 25.1. The minimum atomic E-state index is -4.13. The number of amides is 2. The summed E-state index contributed by atoms with van der Waals surface area (Å²) in [7, 11) is -2.59. The molecule has 1 N–H and O–H groups in total. The molecule has 0 heterocycles. The Morgan fingerprint density at radius 3 is 1.95 bits per heavy atom. The molecule has 4 aromatic carbocycles. The molecule has 0 saturated heterocycles. The van der Waals surface area contributed by atoms with Crippen molar-refractivity contribution in [3.63, 3.8) is 0 Å². The molecule has 7 nitrogen and oxygen atoms in total. The van der Waals surface area contributed by atoms with E-state index in [9.17, 15) is 18.0 Å². The van der Waals surface area contributed by atoms with Gasteiger partial charge in [-0.1, -0.05) is 103 Å². The summed E-state index contributed by atoms with van der Waals surface area (Å²) in [5.74, 6) is -0.810. The predicted molar refractivity (Wildman–Crippen MR) is 167 cm³/mol. The van der Waals surface area contributed by atoms with Crippen LogP contribution in [0.15, 0.2) is 114 Å². The van der Waals surface area contributed by atoms with Gasteiger partial charge in [0.25, 0.3) is 10.0 Å². The first-order chi connectivity index (χ1) is 20.2. The number of sulfonamides is 1. The van der Waals surface area contributed by atoms with Crippen LogP contribution < -0.4 is 9.62 Å². The molecule has 0 bridgehead atoms. The molecule has 4 rings (SSSR count). The lowest BCUT2D eigenvalue weighted by Crippen LogP contribution is -2.53. The predicted octanol–water partition coefficient (Wildman–Crippen LogP) is 5.14. The topological polar surface area (TPSA) is 86.8 Å². The van der Waals surface area contributed by atoms with Crippen molar-refractivity contribution < 1.29 is 18.0 Å². The molecule has 0 aliphatic heterocycles. The molecule has 4 aromatic rings. The molecular weight excluding hydrogens is 546 g/mol. The van der Waals surface area contributed by atoms with E-state index in [-0.39, 0.29) is 23.8 Å². The second-order valence-electron chi connectivity index (χ2n) is 10.1. The van der Waals surface area contributed by atoms with Gasteiger partial charge in [-0.15, -0.1) is 0 Å². The van der Waals surface area contributed by atoms with Crippen molar-refractivity contribution in [3.05, 3.63) is 131 Å². The van der Waals surface area contributed by atoms with Crippen molar-refractivity contribution >= 4 is 27.5 Å². The van der Waals surface area contributed by atoms with Gasteiger partial charge in [0.05, 0.1) is 10.6 Å². The number of hydrogen-bond donors (Lipinski definition) is 1. The molecule has 1 unspecified atom stereocenters. The first-order valence-corrected chi connectivity index (χ1v) is 15.4. The summed E-state index contributed by atoms with van der Waals surface area (Å²) in [5.41, 5.74) is 3.87. The maximum Gasteiger partial charge on any atom is 0.264 e. The normalized spacial score (nSPS) is 11.9. The minimum absolute atomic E-state index is 0.0913. The second-order valence-corrected chi connectivity index (χ2v) is 12.0. The Morgan fingerprint density at radius 1 is 0.786 bits per heavy atom. The van der Waals surface area contributed by atoms with Gasteiger partial charge in [0.1, 0.15) is 12.6 Å². The van der Waals surface area contributed by atoms with E-state index < -0.39 is 28.5 Å². The van der Waals surface area contributed by atoms with Crippen LogP contribution in [0.2, 0.25) is 0 Å². The molecule has 0 aromatic heterocycles. The number of aryl methyl sites for hydroxylation is 2. The summed E-state index contributed by atoms with van der Waals surface area (Å²) in [5, 5.41) is 2.71. The molecule has 0 fully saturated rings. The van der Waals surface area contributed by atoms with Crippen LogP contribution in [0.25, 0.3) is 0 Å². The van der Waals surface area contributed by atoms with Gasteiger partial charge in [-0.25, -0.2) is 8.42 Å². The fraction of sp³-hybridized carbons (Fsp3) is 0.235. The van der Waals surface area contributed by atoms with Crippen molar-refractivity contribution in [2.45, 2.75) is 44.2 Å². The molecule has 218 valence electrons. The van der Waals surface area contributed by atoms with Crippen LogP contribution in [-0.2, 0) is 39.0 Å². The van der Waals surface area contributed by atoms with Crippen LogP contribution in [0.4, 0.5) is 5.69 Å². The third kappa shape index (κ3) is 7.25. The minimum Gasteiger partial charge on any atom is -0.357 e. The fourth-order valence-electron chi connectivity index (χ4n) is 4.90. The lowest BCUT2D eigenvalue weighted by atomic mass is 10.0. The molecule has 1 atom stereocenters. The Labute approximate surface area is 248 Å². The van der Waals surface area contributed by atoms with Crippen molar-refractivity contribution in [2.75, 3.05) is 17.9 Å². The van der Waals surface area contributed by atoms with Gasteiger partial charge in [-0.2, -0.15) is 0 Å². The molecule has 0 radical (unpaired) electrons. The summed E-state index contributed by atoms with van der Waals surface area (Å²) < 4.78 is 29.5. The summed E-state index contributed by atoms with van der Waals surface area (Å²) in [6.45, 7) is 3.50. The first-order valence-electron chi connectivity index (χ1n) is 14.0. The number of rotatable bonds is 12. The largest absolute Gasteiger partial charge is 0.357 e. The van der Waals surface area contributed by atoms with Gasteiger partial charge >= 0.3 is 0 Å². The molecule has 8 heteroatoms. The highest BCUT2D eigenvalue weighted by Crippen LogP contribution is 2.28. The molecule has 0 aliphatic rings. The fourth-order valence-corrected chi connectivity index (χ4v) is 6.36. The third-order valence-corrected chi connectivity index (χ3v) is 9.02. The first kappa shape index (κ1) is 30.5. The summed E-state index contributed by atoms with van der Waals surface area (Å²) in [6.07, 6.45) is 0.849. The number of likely N-dealkylation sites (N-methyl/N-ethyl adjacent to an activating group) is 1. The van der Waals surface area contributed by atoms with E-state index in [1.807, 2.05) is 86.6 Å². The van der Waals surface area contributed by atoms with Gasteiger partial charge < -0.3 is 10.2 Å². The average molecular weight is 584 g/mol. The maximum absolute atomic E-state index is 14.4. The zero-order chi connectivity index (χ0) is 30.1. The standard InChI is InChI=1S/C34H37N3O4S/c1-4-29-17-11-12-18-31(29)37(42(40,41)30-21-19-26(2)20-22-30)25-33(38)36(24-28-15-9-6-10-16-28)32(34(39)35-3)23-27-13-7-5-8-14-27/h5-22,32H,4,23-25H2,1-3H3,(H,35,39). The summed E-state index contributed by atoms with van der Waals surface area (Å²) in [4.78, 5) is 29.3. The molecule has 0 saturated carbocycles. The van der Waals surface area contributed by atoms with E-state index in [0.29, 0.717) is 12.1 Å². The Bertz CT molecular complexity index is 1590. The maximum atomic E-state index is 14.4. The number of anilines is 1. The van der Waals surface area contributed by atoms with Gasteiger partial charge in [0.15, 0.2) is 0 Å². The number of carbonyl (C=O) groups is 2. The third-order valence-electron chi connectivity index (χ3n) is 7.24. The van der Waals surface area contributed by atoms with Crippen molar-refractivity contribution in [3.8, 4) is 0 Å². The quantitative estimate of drug-likeness (QED) is 0.250. The number of benzene rings is 4. The molecule has 0 spiro atoms. The van der Waals surface area contributed by atoms with E-state index in [2.05, 4.69) is 5.32 Å². The molecule has 0 aliphatic carbocycles. The lowest BCUT2D eigenvalue weighted by Gasteiger charge is -2.34. The smallest absolute Gasteiger partial charge is 0.264 e. The lowest BCUT2D eigenvalue weighted by molar-refractivity contribution is -0.139. The van der Waals surface area contributed by atoms with Crippen molar-refractivity contribution in [1.82, 2.24) is 10.2 Å². The molecule has 2 amide bonds. The van der Waals surface area contributed by atoms with Crippen molar-refractivity contribution in [2.24, 2.45) is 0 Å². The van der Waals surface area contributed by atoms with Gasteiger partial charge in [0.2, 0.25) is 11.8 Å². The zero-order valence-electron chi connectivity index (χ0n) is 24.2. The van der Waals surface area contributed by atoms with E-state index in [0.717, 1.165) is 22.3 Å². The highest BCUT2D eigenvalue weighted by atomic mass is 32.2. The monoisotopic (exact) mass is 583 g/mol. The number of carbonyl (C=O) groups excluding carboxylic acids is 2. The van der Waals surface area contributed by atoms with Crippen LogP contribution in [0.5, 0.6) is 0 Å². The van der Waals surface area contributed by atoms with Gasteiger partial charge in [-0.05, 0) is 48.2 Å². The number of nitrogens with zero attached hydrogens (tertiary/aromatic N) is 2. The Morgan fingerprint density at radius 2 is 1.36 bits per heavy atom. The molecule has 42 heavy (non-hydrogen) atoms. The Balaban J connectivity index is 1.80. The van der Waals surface area contributed by atoms with Crippen LogP contribution in [0.3, 0.4) is 0 Å². The SMILES string of the molecule is CCc1ccccc1N(CC(=O)N(Cc1ccccc1)C(Cc1ccccc1)C(=O)NC)S(=O)(=O)c1ccc(C)cc1. The van der Waals surface area contributed by atoms with E-state index in [1.54, 1.807) is 36.4 Å². The highest BCUT2D eigenvalue weighted by Gasteiger charge is 2.34. The Hall–Kier alpha value is -4.43. The average Bonchev–Trinajstić information content (AvgIpc) is 3.02. The van der Waals surface area contributed by atoms with Crippen LogP contribution in [0, 0.1) is 6.92 Å². The number of para-hydroxylation sites is 1. The van der Waals surface area contributed by atoms with Crippen LogP contribution >= 0.6 is 0 Å². The van der Waals surface area contributed by atoms with Gasteiger partial charge in [-0.3, -0.25) is 13.9 Å².